The molecule has 0 radical (unpaired) electrons. The van der Waals surface area contributed by atoms with Crippen molar-refractivity contribution in [2.45, 2.75) is 18.8 Å². The van der Waals surface area contributed by atoms with E-state index in [4.69, 9.17) is 5.11 Å². The minimum Gasteiger partial charge on any atom is -0.478 e. The maximum Gasteiger partial charge on any atom is 0.335 e. The molecule has 1 aromatic rings. The molecule has 1 heterocycles. The molecule has 0 aliphatic carbocycles. The lowest BCUT2D eigenvalue weighted by Crippen LogP contribution is -2.40. The predicted octanol–water partition coefficient (Wildman–Crippen LogP) is 2.69. The second-order valence-electron chi connectivity index (χ2n) is 5.25. The van der Waals surface area contributed by atoms with Crippen LogP contribution in [0.3, 0.4) is 0 Å². The van der Waals surface area contributed by atoms with E-state index in [1.807, 2.05) is 23.9 Å². The second-order valence-corrected chi connectivity index (χ2v) is 5.25. The van der Waals surface area contributed by atoms with Crippen LogP contribution in [0.1, 0.15) is 23.2 Å². The molecule has 0 unspecified atom stereocenters. The van der Waals surface area contributed by atoms with Crippen molar-refractivity contribution in [1.29, 1.82) is 0 Å². The van der Waals surface area contributed by atoms with E-state index >= 15 is 0 Å². The van der Waals surface area contributed by atoms with E-state index in [-0.39, 0.29) is 31.5 Å². The molecule has 20 heavy (non-hydrogen) atoms. The van der Waals surface area contributed by atoms with Gasteiger partial charge in [0.15, 0.2) is 0 Å². The molecule has 0 amide bonds. The van der Waals surface area contributed by atoms with Crippen molar-refractivity contribution in [3.8, 4) is 0 Å². The van der Waals surface area contributed by atoms with Crippen molar-refractivity contribution in [1.82, 2.24) is 0 Å². The fraction of sp³-hybridized carbons (Fsp3) is 0.500. The van der Waals surface area contributed by atoms with E-state index in [9.17, 15) is 13.6 Å². The van der Waals surface area contributed by atoms with Gasteiger partial charge in [-0.2, -0.15) is 0 Å². The molecule has 1 saturated heterocycles. The van der Waals surface area contributed by atoms with Crippen LogP contribution in [0.5, 0.6) is 0 Å². The Balaban J connectivity index is 2.33. The summed E-state index contributed by atoms with van der Waals surface area (Å²) in [5.74, 6) is -3.63. The van der Waals surface area contributed by atoms with Gasteiger partial charge in [0, 0.05) is 40.0 Å². The van der Waals surface area contributed by atoms with Crippen LogP contribution < -0.4 is 9.80 Å². The van der Waals surface area contributed by atoms with Crippen molar-refractivity contribution in [3.05, 3.63) is 23.8 Å². The van der Waals surface area contributed by atoms with Crippen molar-refractivity contribution >= 4 is 17.3 Å². The van der Waals surface area contributed by atoms with Crippen LogP contribution in [0.15, 0.2) is 18.2 Å². The Morgan fingerprint density at radius 2 is 1.90 bits per heavy atom. The number of hydrogen-bond donors (Lipinski definition) is 1. The molecule has 2 rings (SSSR count). The Morgan fingerprint density at radius 1 is 1.30 bits per heavy atom. The number of carboxylic acid groups (broad SMARTS) is 1. The Kier molecular flexibility index (Phi) is 3.83. The van der Waals surface area contributed by atoms with Gasteiger partial charge in [0.25, 0.3) is 5.92 Å². The van der Waals surface area contributed by atoms with Crippen LogP contribution in [0, 0.1) is 0 Å². The van der Waals surface area contributed by atoms with Gasteiger partial charge in [-0.25, -0.2) is 13.6 Å². The molecule has 0 bridgehead atoms. The highest BCUT2D eigenvalue weighted by Crippen LogP contribution is 2.35. The number of carboxylic acids is 1. The number of anilines is 2. The van der Waals surface area contributed by atoms with Crippen LogP contribution in [0.25, 0.3) is 0 Å². The number of rotatable bonds is 3. The number of benzene rings is 1. The fourth-order valence-electron chi connectivity index (χ4n) is 2.36. The van der Waals surface area contributed by atoms with Crippen molar-refractivity contribution in [2.75, 3.05) is 37.0 Å². The van der Waals surface area contributed by atoms with Gasteiger partial charge in [0.05, 0.1) is 16.9 Å². The predicted molar refractivity (Wildman–Crippen MR) is 74.1 cm³/mol. The highest BCUT2D eigenvalue weighted by Gasteiger charge is 2.34. The Labute approximate surface area is 116 Å². The maximum absolute atomic E-state index is 13.2. The van der Waals surface area contributed by atoms with Gasteiger partial charge >= 0.3 is 5.97 Å². The minimum absolute atomic E-state index is 0.169. The first-order valence-electron chi connectivity index (χ1n) is 6.47. The zero-order valence-corrected chi connectivity index (χ0v) is 11.6. The molecule has 1 fully saturated rings. The van der Waals surface area contributed by atoms with Crippen molar-refractivity contribution in [2.24, 2.45) is 0 Å². The minimum atomic E-state index is -2.61. The summed E-state index contributed by atoms with van der Waals surface area (Å²) >= 11 is 0. The number of alkyl halides is 2. The third kappa shape index (κ3) is 3.00. The summed E-state index contributed by atoms with van der Waals surface area (Å²) in [6.07, 6.45) is -0.395. The van der Waals surface area contributed by atoms with E-state index < -0.39 is 11.9 Å². The smallest absolute Gasteiger partial charge is 0.335 e. The van der Waals surface area contributed by atoms with Crippen LogP contribution in [-0.4, -0.2) is 44.2 Å². The number of carbonyl (C=O) groups is 1. The molecule has 4 nitrogen and oxygen atoms in total. The Bertz CT molecular complexity index is 508. The average molecular weight is 284 g/mol. The molecular formula is C14H18F2N2O2. The summed E-state index contributed by atoms with van der Waals surface area (Å²) in [7, 11) is 3.69. The quantitative estimate of drug-likeness (QED) is 0.927. The summed E-state index contributed by atoms with van der Waals surface area (Å²) in [5, 5.41) is 9.07. The zero-order valence-electron chi connectivity index (χ0n) is 11.6. The van der Waals surface area contributed by atoms with E-state index in [0.29, 0.717) is 5.69 Å². The van der Waals surface area contributed by atoms with E-state index in [0.717, 1.165) is 5.69 Å². The molecular weight excluding hydrogens is 266 g/mol. The molecule has 0 aromatic heterocycles. The first-order chi connectivity index (χ1) is 9.30. The van der Waals surface area contributed by atoms with Gasteiger partial charge in [-0.05, 0) is 18.2 Å². The molecule has 0 saturated carbocycles. The van der Waals surface area contributed by atoms with Gasteiger partial charge in [0.1, 0.15) is 0 Å². The number of halogens is 2. The van der Waals surface area contributed by atoms with Gasteiger partial charge in [-0.3, -0.25) is 0 Å². The summed E-state index contributed by atoms with van der Waals surface area (Å²) in [6.45, 7) is 0.466. The van der Waals surface area contributed by atoms with Crippen LogP contribution in [-0.2, 0) is 0 Å². The topological polar surface area (TPSA) is 43.8 Å². The fourth-order valence-corrected chi connectivity index (χ4v) is 2.36. The van der Waals surface area contributed by atoms with Crippen LogP contribution in [0.2, 0.25) is 0 Å². The Hall–Kier alpha value is -1.85. The Morgan fingerprint density at radius 3 is 2.40 bits per heavy atom. The number of hydrogen-bond acceptors (Lipinski definition) is 3. The standard InChI is InChI=1S/C14H18F2N2O2/c1-17(2)11-4-3-10(13(19)20)9-12(11)18-7-5-14(15,16)6-8-18/h3-4,9H,5-8H2,1-2H3,(H,19,20). The summed E-state index contributed by atoms with van der Waals surface area (Å²) < 4.78 is 26.5. The third-order valence-corrected chi connectivity index (χ3v) is 3.54. The molecule has 1 aliphatic heterocycles. The molecule has 110 valence electrons. The number of aromatic carboxylic acids is 1. The summed E-state index contributed by atoms with van der Waals surface area (Å²) in [5.41, 5.74) is 1.70. The first kappa shape index (κ1) is 14.6. The third-order valence-electron chi connectivity index (χ3n) is 3.54. The van der Waals surface area contributed by atoms with Gasteiger partial charge in [0.2, 0.25) is 0 Å². The largest absolute Gasteiger partial charge is 0.478 e. The number of piperidine rings is 1. The van der Waals surface area contributed by atoms with Gasteiger partial charge in [-0.1, -0.05) is 0 Å². The summed E-state index contributed by atoms with van der Waals surface area (Å²) in [4.78, 5) is 14.8. The lowest BCUT2D eigenvalue weighted by molar-refractivity contribution is -0.0220. The lowest BCUT2D eigenvalue weighted by Gasteiger charge is -2.35. The normalized spacial score (nSPS) is 17.9. The molecule has 0 atom stereocenters. The first-order valence-corrected chi connectivity index (χ1v) is 6.47. The SMILES string of the molecule is CN(C)c1ccc(C(=O)O)cc1N1CCC(F)(F)CC1. The van der Waals surface area contributed by atoms with Crippen LogP contribution in [0.4, 0.5) is 20.2 Å². The molecule has 0 spiro atoms. The molecule has 1 aliphatic rings. The molecule has 1 N–H and O–H groups in total. The molecule has 6 heteroatoms. The average Bonchev–Trinajstić information content (AvgIpc) is 2.37. The van der Waals surface area contributed by atoms with Crippen molar-refractivity contribution < 1.29 is 18.7 Å². The van der Waals surface area contributed by atoms with E-state index in [1.165, 1.54) is 6.07 Å². The maximum atomic E-state index is 13.2. The van der Waals surface area contributed by atoms with E-state index in [2.05, 4.69) is 0 Å². The highest BCUT2D eigenvalue weighted by molar-refractivity contribution is 5.91. The van der Waals surface area contributed by atoms with Crippen LogP contribution >= 0.6 is 0 Å². The molecule has 1 aromatic carbocycles. The lowest BCUT2D eigenvalue weighted by atomic mass is 10.0. The van der Waals surface area contributed by atoms with Crippen molar-refractivity contribution in [3.63, 3.8) is 0 Å². The monoisotopic (exact) mass is 284 g/mol. The summed E-state index contributed by atoms with van der Waals surface area (Å²) in [6, 6.07) is 4.80. The van der Waals surface area contributed by atoms with Gasteiger partial charge < -0.3 is 14.9 Å². The van der Waals surface area contributed by atoms with Gasteiger partial charge in [-0.15, -0.1) is 0 Å². The second kappa shape index (κ2) is 5.26. The number of nitrogens with zero attached hydrogens (tertiary/aromatic N) is 2. The van der Waals surface area contributed by atoms with E-state index in [1.54, 1.807) is 12.1 Å². The zero-order chi connectivity index (χ0) is 14.9. The highest BCUT2D eigenvalue weighted by atomic mass is 19.3.